The first-order valence-electron chi connectivity index (χ1n) is 8.51. The predicted octanol–water partition coefficient (Wildman–Crippen LogP) is 3.69. The van der Waals surface area contributed by atoms with Crippen LogP contribution in [0.5, 0.6) is 5.75 Å². The Morgan fingerprint density at radius 3 is 2.10 bits per heavy atom. The van der Waals surface area contributed by atoms with E-state index in [0.717, 1.165) is 0 Å². The van der Waals surface area contributed by atoms with Crippen molar-refractivity contribution in [2.75, 3.05) is 0 Å². The highest BCUT2D eigenvalue weighted by molar-refractivity contribution is 6.02. The fraction of sp³-hybridized carbons (Fsp3) is 0.0952. The zero-order valence-electron chi connectivity index (χ0n) is 15.3. The van der Waals surface area contributed by atoms with Crippen LogP contribution < -0.4 is 11.3 Å². The third kappa shape index (κ3) is 3.00. The van der Waals surface area contributed by atoms with Crippen molar-refractivity contribution in [3.8, 4) is 28.2 Å². The molecule has 29 heavy (non-hydrogen) atoms. The number of furan rings is 1. The summed E-state index contributed by atoms with van der Waals surface area (Å²) in [7, 11) is 0. The van der Waals surface area contributed by atoms with Gasteiger partial charge in [-0.15, -0.1) is 0 Å². The number of carbonyl (C=O) groups is 1. The molecular weight excluding hydrogens is 380 g/mol. The second kappa shape index (κ2) is 6.52. The molecule has 3 aromatic heterocycles. The summed E-state index contributed by atoms with van der Waals surface area (Å²) in [5.41, 5.74) is -1.21. The summed E-state index contributed by atoms with van der Waals surface area (Å²) in [5, 5.41) is 19.5. The lowest BCUT2D eigenvalue weighted by Gasteiger charge is -2.06. The fourth-order valence-corrected chi connectivity index (χ4v) is 3.20. The molecule has 8 heteroatoms. The van der Waals surface area contributed by atoms with Crippen LogP contribution in [0.3, 0.4) is 0 Å². The normalized spacial score (nSPS) is 11.1. The number of fused-ring (bicyclic) bond motifs is 1. The lowest BCUT2D eigenvalue weighted by Crippen LogP contribution is -2.07. The largest absolute Gasteiger partial charge is 0.507 e. The molecule has 0 spiro atoms. The first-order valence-corrected chi connectivity index (χ1v) is 8.51. The third-order valence-corrected chi connectivity index (χ3v) is 4.43. The molecule has 0 aliphatic rings. The van der Waals surface area contributed by atoms with Gasteiger partial charge in [-0.3, -0.25) is 0 Å². The molecule has 4 rings (SSSR count). The fourth-order valence-electron chi connectivity index (χ4n) is 3.20. The number of aromatic hydroxyl groups is 1. The Morgan fingerprint density at radius 1 is 0.862 bits per heavy atom. The Kier molecular flexibility index (Phi) is 4.11. The molecule has 0 aliphatic carbocycles. The molecule has 0 bridgehead atoms. The molecule has 0 amide bonds. The van der Waals surface area contributed by atoms with E-state index >= 15 is 0 Å². The molecule has 0 fully saturated rings. The molecule has 0 atom stereocenters. The second-order valence-corrected chi connectivity index (χ2v) is 6.48. The van der Waals surface area contributed by atoms with E-state index in [9.17, 15) is 19.5 Å². The maximum absolute atomic E-state index is 12.6. The summed E-state index contributed by atoms with van der Waals surface area (Å²) in [4.78, 5) is 36.2. The molecule has 0 radical (unpaired) electrons. The van der Waals surface area contributed by atoms with E-state index in [0.29, 0.717) is 11.3 Å². The van der Waals surface area contributed by atoms with Gasteiger partial charge in [0, 0.05) is 17.7 Å². The average Bonchev–Trinajstić information content (AvgIpc) is 3.00. The maximum atomic E-state index is 12.6. The van der Waals surface area contributed by atoms with Crippen molar-refractivity contribution in [1.82, 2.24) is 0 Å². The van der Waals surface area contributed by atoms with Crippen LogP contribution in [0.2, 0.25) is 0 Å². The number of aromatic carboxylic acids is 1. The molecule has 8 nitrogen and oxygen atoms in total. The van der Waals surface area contributed by atoms with Crippen LogP contribution in [0.15, 0.2) is 59.2 Å². The molecule has 0 unspecified atom stereocenters. The van der Waals surface area contributed by atoms with Gasteiger partial charge in [0.1, 0.15) is 39.6 Å². The van der Waals surface area contributed by atoms with Gasteiger partial charge in [0.2, 0.25) is 0 Å². The summed E-state index contributed by atoms with van der Waals surface area (Å²) in [6.45, 7) is 3.07. The van der Waals surface area contributed by atoms with E-state index in [1.807, 2.05) is 0 Å². The van der Waals surface area contributed by atoms with Gasteiger partial charge in [0.25, 0.3) is 0 Å². The van der Waals surface area contributed by atoms with Crippen molar-refractivity contribution in [3.63, 3.8) is 0 Å². The SMILES string of the molecule is Cc1cc(O)c(-c2c(-c3ccc(C(=O)O)cc3)oc3cc(C)oc(=O)c23)c(=O)o1. The third-order valence-electron chi connectivity index (χ3n) is 4.43. The van der Waals surface area contributed by atoms with Crippen LogP contribution in [0.25, 0.3) is 33.4 Å². The molecule has 4 aromatic rings. The summed E-state index contributed by atoms with van der Waals surface area (Å²) < 4.78 is 16.1. The second-order valence-electron chi connectivity index (χ2n) is 6.48. The van der Waals surface area contributed by atoms with Gasteiger partial charge in [-0.05, 0) is 26.0 Å². The zero-order valence-corrected chi connectivity index (χ0v) is 15.3. The van der Waals surface area contributed by atoms with Gasteiger partial charge >= 0.3 is 17.2 Å². The van der Waals surface area contributed by atoms with Gasteiger partial charge in [-0.2, -0.15) is 0 Å². The monoisotopic (exact) mass is 394 g/mol. The molecular formula is C21H14O8. The van der Waals surface area contributed by atoms with Crippen LogP contribution in [-0.4, -0.2) is 16.2 Å². The maximum Gasteiger partial charge on any atom is 0.347 e. The van der Waals surface area contributed by atoms with Crippen LogP contribution >= 0.6 is 0 Å². The van der Waals surface area contributed by atoms with Crippen molar-refractivity contribution in [3.05, 3.63) is 74.3 Å². The standard InChI is InChI=1S/C21H14O8/c1-9-7-13(22)15(20(25)27-9)17-16-14(8-10(2)28-21(16)26)29-18(17)11-3-5-12(6-4-11)19(23)24/h3-8,22H,1-2H3,(H,23,24). The highest BCUT2D eigenvalue weighted by Crippen LogP contribution is 2.41. The molecule has 1 aromatic carbocycles. The van der Waals surface area contributed by atoms with Crippen molar-refractivity contribution in [2.45, 2.75) is 13.8 Å². The van der Waals surface area contributed by atoms with Gasteiger partial charge in [0.15, 0.2) is 0 Å². The van der Waals surface area contributed by atoms with Gasteiger partial charge in [0.05, 0.1) is 11.1 Å². The highest BCUT2D eigenvalue weighted by atomic mass is 16.4. The van der Waals surface area contributed by atoms with Gasteiger partial charge < -0.3 is 23.5 Å². The molecule has 2 N–H and O–H groups in total. The number of aryl methyl sites for hydroxylation is 2. The minimum Gasteiger partial charge on any atom is -0.507 e. The molecule has 0 saturated carbocycles. The van der Waals surface area contributed by atoms with Crippen molar-refractivity contribution in [2.24, 2.45) is 0 Å². The average molecular weight is 394 g/mol. The first-order chi connectivity index (χ1) is 13.8. The summed E-state index contributed by atoms with van der Waals surface area (Å²) in [6, 6.07) is 8.42. The van der Waals surface area contributed by atoms with E-state index in [1.165, 1.54) is 43.3 Å². The van der Waals surface area contributed by atoms with Gasteiger partial charge in [-0.1, -0.05) is 12.1 Å². The van der Waals surface area contributed by atoms with Crippen molar-refractivity contribution >= 4 is 16.9 Å². The van der Waals surface area contributed by atoms with Crippen LogP contribution in [0.4, 0.5) is 0 Å². The van der Waals surface area contributed by atoms with E-state index in [2.05, 4.69) is 0 Å². The topological polar surface area (TPSA) is 131 Å². The summed E-state index contributed by atoms with van der Waals surface area (Å²) in [5.74, 6) is -0.893. The molecule has 0 aliphatic heterocycles. The molecule has 146 valence electrons. The Balaban J connectivity index is 2.12. The Morgan fingerprint density at radius 2 is 1.48 bits per heavy atom. The van der Waals surface area contributed by atoms with Crippen LogP contribution in [-0.2, 0) is 0 Å². The summed E-state index contributed by atoms with van der Waals surface area (Å²) >= 11 is 0. The van der Waals surface area contributed by atoms with Crippen molar-refractivity contribution < 1.29 is 28.3 Å². The minimum absolute atomic E-state index is 0.0167. The first kappa shape index (κ1) is 18.3. The smallest absolute Gasteiger partial charge is 0.347 e. The van der Waals surface area contributed by atoms with Crippen LogP contribution in [0, 0.1) is 13.8 Å². The molecule has 0 saturated heterocycles. The van der Waals surface area contributed by atoms with E-state index in [4.69, 9.17) is 18.4 Å². The molecule has 3 heterocycles. The Labute approximate surface area is 162 Å². The number of rotatable bonds is 3. The Hall–Kier alpha value is -4.07. The van der Waals surface area contributed by atoms with E-state index in [-0.39, 0.29) is 44.9 Å². The van der Waals surface area contributed by atoms with E-state index in [1.54, 1.807) is 6.92 Å². The van der Waals surface area contributed by atoms with E-state index < -0.39 is 17.2 Å². The predicted molar refractivity (Wildman–Crippen MR) is 102 cm³/mol. The minimum atomic E-state index is -1.10. The summed E-state index contributed by atoms with van der Waals surface area (Å²) in [6.07, 6.45) is 0. The number of hydrogen-bond donors (Lipinski definition) is 2. The number of carboxylic acids is 1. The quantitative estimate of drug-likeness (QED) is 0.538. The Bertz CT molecular complexity index is 1380. The van der Waals surface area contributed by atoms with Gasteiger partial charge in [-0.25, -0.2) is 14.4 Å². The number of hydrogen-bond acceptors (Lipinski definition) is 7. The lowest BCUT2D eigenvalue weighted by atomic mass is 9.99. The lowest BCUT2D eigenvalue weighted by molar-refractivity contribution is 0.0697. The number of benzene rings is 1. The number of carboxylic acid groups (broad SMARTS) is 1. The van der Waals surface area contributed by atoms with Crippen LogP contribution in [0.1, 0.15) is 21.9 Å². The zero-order chi connectivity index (χ0) is 20.9. The van der Waals surface area contributed by atoms with Crippen molar-refractivity contribution in [1.29, 1.82) is 0 Å². The highest BCUT2D eigenvalue weighted by Gasteiger charge is 2.27.